The maximum absolute atomic E-state index is 6.28. The van der Waals surface area contributed by atoms with Gasteiger partial charge in [0.2, 0.25) is 0 Å². The van der Waals surface area contributed by atoms with Crippen molar-refractivity contribution in [2.24, 2.45) is 0 Å². The Morgan fingerprint density at radius 2 is 2.10 bits per heavy atom. The number of ether oxygens (including phenoxy) is 1. The summed E-state index contributed by atoms with van der Waals surface area (Å²) in [5.74, 6) is 0.741. The molecule has 6 heteroatoms. The predicted octanol–water partition coefficient (Wildman–Crippen LogP) is 4.14. The quantitative estimate of drug-likeness (QED) is 0.901. The first-order valence-corrected chi connectivity index (χ1v) is 7.11. The van der Waals surface area contributed by atoms with E-state index in [2.05, 4.69) is 10.4 Å². The maximum atomic E-state index is 6.28. The SMILES string of the molecule is CCn1nc(C)c(Cl)c1CNc1cc(Cl)ccc1OC. The van der Waals surface area contributed by atoms with E-state index >= 15 is 0 Å². The molecule has 1 N–H and O–H groups in total. The molecule has 1 heterocycles. The number of methoxy groups -OCH3 is 1. The molecule has 0 saturated heterocycles. The second kappa shape index (κ2) is 6.37. The van der Waals surface area contributed by atoms with Crippen LogP contribution in [0.2, 0.25) is 10.0 Å². The first-order chi connectivity index (χ1) is 9.56. The van der Waals surface area contributed by atoms with Crippen molar-refractivity contribution in [1.29, 1.82) is 0 Å². The fraction of sp³-hybridized carbons (Fsp3) is 0.357. The monoisotopic (exact) mass is 313 g/mol. The first-order valence-electron chi connectivity index (χ1n) is 6.36. The van der Waals surface area contributed by atoms with E-state index < -0.39 is 0 Å². The molecule has 1 aromatic carbocycles. The Morgan fingerprint density at radius 1 is 1.35 bits per heavy atom. The van der Waals surface area contributed by atoms with Crippen molar-refractivity contribution in [2.75, 3.05) is 12.4 Å². The third kappa shape index (κ3) is 3.02. The van der Waals surface area contributed by atoms with E-state index in [1.807, 2.05) is 30.7 Å². The van der Waals surface area contributed by atoms with Gasteiger partial charge in [0, 0.05) is 11.6 Å². The molecule has 2 rings (SSSR count). The molecule has 0 amide bonds. The standard InChI is InChI=1S/C14H17Cl2N3O/c1-4-19-12(14(16)9(2)18-19)8-17-11-7-10(15)5-6-13(11)20-3/h5-7,17H,4,8H2,1-3H3. The van der Waals surface area contributed by atoms with Crippen LogP contribution < -0.4 is 10.1 Å². The second-order valence-electron chi connectivity index (χ2n) is 4.36. The Bertz CT molecular complexity index is 611. The van der Waals surface area contributed by atoms with Gasteiger partial charge in [-0.15, -0.1) is 0 Å². The lowest BCUT2D eigenvalue weighted by Gasteiger charge is -2.12. The molecule has 2 aromatic rings. The third-order valence-electron chi connectivity index (χ3n) is 3.06. The van der Waals surface area contributed by atoms with Gasteiger partial charge in [-0.2, -0.15) is 5.10 Å². The zero-order valence-corrected chi connectivity index (χ0v) is 13.2. The molecule has 4 nitrogen and oxygen atoms in total. The summed E-state index contributed by atoms with van der Waals surface area (Å²) >= 11 is 12.3. The Hall–Kier alpha value is -1.39. The molecule has 0 spiro atoms. The molecular weight excluding hydrogens is 297 g/mol. The summed E-state index contributed by atoms with van der Waals surface area (Å²) in [7, 11) is 1.63. The number of halogens is 2. The average molecular weight is 314 g/mol. The number of anilines is 1. The Labute approximate surface area is 128 Å². The highest BCUT2D eigenvalue weighted by atomic mass is 35.5. The van der Waals surface area contributed by atoms with Crippen LogP contribution in [-0.4, -0.2) is 16.9 Å². The minimum atomic E-state index is 0.560. The van der Waals surface area contributed by atoms with Crippen molar-refractivity contribution in [2.45, 2.75) is 26.9 Å². The van der Waals surface area contributed by atoms with Crippen molar-refractivity contribution in [3.63, 3.8) is 0 Å². The molecule has 0 fully saturated rings. The van der Waals surface area contributed by atoms with Crippen LogP contribution in [0.5, 0.6) is 5.75 Å². The van der Waals surface area contributed by atoms with Crippen molar-refractivity contribution in [3.05, 3.63) is 39.6 Å². The van der Waals surface area contributed by atoms with E-state index in [-0.39, 0.29) is 0 Å². The molecule has 108 valence electrons. The van der Waals surface area contributed by atoms with Crippen molar-refractivity contribution < 1.29 is 4.74 Å². The Balaban J connectivity index is 2.23. The van der Waals surface area contributed by atoms with E-state index in [1.165, 1.54) is 0 Å². The zero-order valence-electron chi connectivity index (χ0n) is 11.7. The third-order valence-corrected chi connectivity index (χ3v) is 3.79. The number of nitrogens with one attached hydrogen (secondary N) is 1. The minimum absolute atomic E-state index is 0.560. The minimum Gasteiger partial charge on any atom is -0.495 e. The molecule has 0 bridgehead atoms. The number of rotatable bonds is 5. The summed E-state index contributed by atoms with van der Waals surface area (Å²) in [6.07, 6.45) is 0. The van der Waals surface area contributed by atoms with Gasteiger partial charge < -0.3 is 10.1 Å². The summed E-state index contributed by atoms with van der Waals surface area (Å²) in [6.45, 7) is 5.27. The van der Waals surface area contributed by atoms with E-state index in [9.17, 15) is 0 Å². The summed E-state index contributed by atoms with van der Waals surface area (Å²) in [5, 5.41) is 9.03. The van der Waals surface area contributed by atoms with Crippen LogP contribution in [0.4, 0.5) is 5.69 Å². The maximum Gasteiger partial charge on any atom is 0.142 e. The summed E-state index contributed by atoms with van der Waals surface area (Å²) in [5.41, 5.74) is 2.62. The fourth-order valence-corrected chi connectivity index (χ4v) is 2.41. The van der Waals surface area contributed by atoms with Gasteiger partial charge in [-0.25, -0.2) is 0 Å². The van der Waals surface area contributed by atoms with Crippen molar-refractivity contribution in [1.82, 2.24) is 9.78 Å². The van der Waals surface area contributed by atoms with Gasteiger partial charge in [0.15, 0.2) is 0 Å². The zero-order chi connectivity index (χ0) is 14.7. The van der Waals surface area contributed by atoms with Crippen LogP contribution >= 0.6 is 23.2 Å². The molecular formula is C14H17Cl2N3O. The number of benzene rings is 1. The molecule has 0 radical (unpaired) electrons. The molecule has 0 aliphatic rings. The van der Waals surface area contributed by atoms with Gasteiger partial charge in [0.25, 0.3) is 0 Å². The highest BCUT2D eigenvalue weighted by molar-refractivity contribution is 6.32. The number of nitrogens with zero attached hydrogens (tertiary/aromatic N) is 2. The molecule has 1 aromatic heterocycles. The predicted molar refractivity (Wildman–Crippen MR) is 83.0 cm³/mol. The number of hydrogen-bond acceptors (Lipinski definition) is 3. The first kappa shape index (κ1) is 15.0. The van der Waals surface area contributed by atoms with Crippen LogP contribution in [-0.2, 0) is 13.1 Å². The van der Waals surface area contributed by atoms with E-state index in [1.54, 1.807) is 13.2 Å². The summed E-state index contributed by atoms with van der Waals surface area (Å²) < 4.78 is 7.19. The van der Waals surface area contributed by atoms with Gasteiger partial charge in [-0.1, -0.05) is 23.2 Å². The lowest BCUT2D eigenvalue weighted by atomic mass is 10.2. The Morgan fingerprint density at radius 3 is 2.75 bits per heavy atom. The van der Waals surface area contributed by atoms with E-state index in [0.717, 1.165) is 29.4 Å². The fourth-order valence-electron chi connectivity index (χ4n) is 2.04. The van der Waals surface area contributed by atoms with Gasteiger partial charge in [-0.05, 0) is 32.0 Å². The van der Waals surface area contributed by atoms with Gasteiger partial charge >= 0.3 is 0 Å². The van der Waals surface area contributed by atoms with E-state index in [0.29, 0.717) is 16.6 Å². The largest absolute Gasteiger partial charge is 0.495 e. The number of aryl methyl sites for hydroxylation is 2. The topological polar surface area (TPSA) is 39.1 Å². The molecule has 0 atom stereocenters. The van der Waals surface area contributed by atoms with Crippen LogP contribution in [0.3, 0.4) is 0 Å². The average Bonchev–Trinajstić information content (AvgIpc) is 2.72. The van der Waals surface area contributed by atoms with Crippen LogP contribution in [0, 0.1) is 6.92 Å². The normalized spacial score (nSPS) is 10.7. The van der Waals surface area contributed by atoms with Crippen molar-refractivity contribution in [3.8, 4) is 5.75 Å². The summed E-state index contributed by atoms with van der Waals surface area (Å²) in [4.78, 5) is 0. The number of aromatic nitrogens is 2. The number of hydrogen-bond donors (Lipinski definition) is 1. The lowest BCUT2D eigenvalue weighted by Crippen LogP contribution is -2.09. The molecule has 0 saturated carbocycles. The summed E-state index contributed by atoms with van der Waals surface area (Å²) in [6, 6.07) is 5.45. The molecule has 0 aliphatic carbocycles. The molecule has 0 aliphatic heterocycles. The van der Waals surface area contributed by atoms with Crippen LogP contribution in [0.25, 0.3) is 0 Å². The smallest absolute Gasteiger partial charge is 0.142 e. The van der Waals surface area contributed by atoms with Gasteiger partial charge in [-0.3, -0.25) is 4.68 Å². The van der Waals surface area contributed by atoms with Gasteiger partial charge in [0.1, 0.15) is 5.75 Å². The Kier molecular flexibility index (Phi) is 4.78. The van der Waals surface area contributed by atoms with Crippen molar-refractivity contribution >= 4 is 28.9 Å². The molecule has 20 heavy (non-hydrogen) atoms. The van der Waals surface area contributed by atoms with E-state index in [4.69, 9.17) is 27.9 Å². The molecule has 0 unspecified atom stereocenters. The highest BCUT2D eigenvalue weighted by Gasteiger charge is 2.13. The lowest BCUT2D eigenvalue weighted by molar-refractivity contribution is 0.416. The highest BCUT2D eigenvalue weighted by Crippen LogP contribution is 2.29. The van der Waals surface area contributed by atoms with Crippen LogP contribution in [0.15, 0.2) is 18.2 Å². The van der Waals surface area contributed by atoms with Gasteiger partial charge in [0.05, 0.1) is 35.8 Å². The van der Waals surface area contributed by atoms with Crippen LogP contribution in [0.1, 0.15) is 18.3 Å². The second-order valence-corrected chi connectivity index (χ2v) is 5.17.